The van der Waals surface area contributed by atoms with Crippen LogP contribution in [0.2, 0.25) is 0 Å². The highest BCUT2D eigenvalue weighted by Gasteiger charge is 2.33. The van der Waals surface area contributed by atoms with Crippen LogP contribution in [0.3, 0.4) is 0 Å². The van der Waals surface area contributed by atoms with Crippen LogP contribution < -0.4 is 10.3 Å². The van der Waals surface area contributed by atoms with Crippen LogP contribution in [0.1, 0.15) is 11.1 Å². The highest BCUT2D eigenvalue weighted by molar-refractivity contribution is 9.12. The molecule has 0 unspecified atom stereocenters. The molecule has 0 fully saturated rings. The third-order valence-electron chi connectivity index (χ3n) is 4.17. The second-order valence-corrected chi connectivity index (χ2v) is 7.36. The van der Waals surface area contributed by atoms with Crippen LogP contribution in [0.25, 0.3) is 6.08 Å². The predicted molar refractivity (Wildman–Crippen MR) is 106 cm³/mol. The molecule has 2 heterocycles. The summed E-state index contributed by atoms with van der Waals surface area (Å²) in [6.45, 7) is 1.12. The van der Waals surface area contributed by atoms with E-state index in [1.54, 1.807) is 11.3 Å². The summed E-state index contributed by atoms with van der Waals surface area (Å²) in [7, 11) is 0. The van der Waals surface area contributed by atoms with Crippen molar-refractivity contribution in [2.24, 2.45) is 0 Å². The monoisotopic (exact) mass is 379 g/mol. The van der Waals surface area contributed by atoms with Gasteiger partial charge in [0.15, 0.2) is 0 Å². The number of anilines is 1. The van der Waals surface area contributed by atoms with Crippen molar-refractivity contribution in [3.8, 4) is 0 Å². The minimum Gasteiger partial charge on any atom is -0.402 e. The molecule has 1 aromatic heterocycles. The van der Waals surface area contributed by atoms with Gasteiger partial charge in [-0.25, -0.2) is 0 Å². The maximum atomic E-state index is 3.82. The molecule has 23 heavy (non-hydrogen) atoms. The van der Waals surface area contributed by atoms with Gasteiger partial charge in [0.25, 0.3) is 0 Å². The van der Waals surface area contributed by atoms with Crippen molar-refractivity contribution in [2.75, 3.05) is 4.81 Å². The Kier molecular flexibility index (Phi) is 4.10. The highest BCUT2D eigenvalue weighted by Crippen LogP contribution is 2.34. The van der Waals surface area contributed by atoms with Crippen LogP contribution in [0.5, 0.6) is 0 Å². The summed E-state index contributed by atoms with van der Waals surface area (Å²) in [5, 5.41) is 4.39. The Hall–Kier alpha value is -1.78. The highest BCUT2D eigenvalue weighted by atomic mass is 79.9. The van der Waals surface area contributed by atoms with Gasteiger partial charge in [-0.15, -0.1) is 0 Å². The molecule has 4 heteroatoms. The normalized spacial score (nSPS) is 13.7. The van der Waals surface area contributed by atoms with E-state index < -0.39 is 0 Å². The molecule has 0 saturated heterocycles. The molecule has 1 nitrogen and oxygen atoms in total. The van der Waals surface area contributed by atoms with Crippen molar-refractivity contribution < 1.29 is 0 Å². The number of halogens is 1. The average molecular weight is 380 g/mol. The Morgan fingerprint density at radius 2 is 1.74 bits per heavy atom. The van der Waals surface area contributed by atoms with Crippen molar-refractivity contribution in [1.82, 2.24) is 0 Å². The van der Waals surface area contributed by atoms with Crippen molar-refractivity contribution >= 4 is 51.3 Å². The zero-order valence-electron chi connectivity index (χ0n) is 12.5. The Morgan fingerprint density at radius 3 is 2.52 bits per heavy atom. The van der Waals surface area contributed by atoms with E-state index in [9.17, 15) is 0 Å². The predicted octanol–water partition coefficient (Wildman–Crippen LogP) is 4.94. The van der Waals surface area contributed by atoms with Gasteiger partial charge in [-0.05, 0) is 43.9 Å². The first-order valence-corrected chi connectivity index (χ1v) is 9.35. The van der Waals surface area contributed by atoms with Gasteiger partial charge in [0, 0.05) is 12.2 Å². The molecule has 0 amide bonds. The lowest BCUT2D eigenvalue weighted by Gasteiger charge is -2.36. The number of thiophene rings is 1. The van der Waals surface area contributed by atoms with Crippen LogP contribution in [0.4, 0.5) is 5.69 Å². The minimum atomic E-state index is 0.233. The van der Waals surface area contributed by atoms with E-state index in [4.69, 9.17) is 0 Å². The van der Waals surface area contributed by atoms with Crippen molar-refractivity contribution in [3.63, 3.8) is 0 Å². The van der Waals surface area contributed by atoms with Gasteiger partial charge >= 0.3 is 6.85 Å². The third-order valence-corrected chi connectivity index (χ3v) is 5.53. The van der Waals surface area contributed by atoms with E-state index in [1.807, 2.05) is 0 Å². The number of benzene rings is 2. The lowest BCUT2D eigenvalue weighted by molar-refractivity contribution is 1.02. The Labute approximate surface area is 149 Å². The van der Waals surface area contributed by atoms with E-state index in [-0.39, 0.29) is 6.85 Å². The molecule has 1 aliphatic heterocycles. The summed E-state index contributed by atoms with van der Waals surface area (Å²) in [6.07, 6.45) is 2.25. The lowest BCUT2D eigenvalue weighted by atomic mass is 9.53. The van der Waals surface area contributed by atoms with E-state index in [0.717, 1.165) is 6.54 Å². The summed E-state index contributed by atoms with van der Waals surface area (Å²) in [5.41, 5.74) is 5.21. The molecular weight excluding hydrogens is 365 g/mol. The standard InChI is InChI=1S/C19H15BBrNS/c21-19-12-16-8-4-5-9-18(16)22(13-15-6-2-1-3-7-15)20(19)17-10-11-23-14-17/h1-12,14H,13H2. The van der Waals surface area contributed by atoms with E-state index in [0.29, 0.717) is 0 Å². The fourth-order valence-corrected chi connectivity index (χ4v) is 4.55. The molecule has 0 radical (unpaired) electrons. The van der Waals surface area contributed by atoms with Gasteiger partial charge in [-0.3, -0.25) is 0 Å². The minimum absolute atomic E-state index is 0.233. The van der Waals surface area contributed by atoms with Crippen LogP contribution in [-0.2, 0) is 6.54 Å². The molecule has 0 N–H and O–H groups in total. The van der Waals surface area contributed by atoms with Gasteiger partial charge < -0.3 is 4.81 Å². The Morgan fingerprint density at radius 1 is 0.957 bits per heavy atom. The van der Waals surface area contributed by atoms with Gasteiger partial charge in [-0.1, -0.05) is 70.5 Å². The first-order chi connectivity index (χ1) is 11.3. The van der Waals surface area contributed by atoms with E-state index in [1.165, 1.54) is 26.7 Å². The van der Waals surface area contributed by atoms with Crippen molar-refractivity contribution in [3.05, 3.63) is 86.9 Å². The summed E-state index contributed by atoms with van der Waals surface area (Å²) in [6, 6.07) is 21.5. The Balaban J connectivity index is 1.81. The molecule has 0 aliphatic carbocycles. The SMILES string of the molecule is BrC1=Cc2ccccc2N(Cc2ccccc2)B1c1ccsc1. The number of rotatable bonds is 3. The first kappa shape index (κ1) is 14.8. The molecule has 4 rings (SSSR count). The second-order valence-electron chi connectivity index (χ2n) is 5.66. The molecule has 1 aliphatic rings. The van der Waals surface area contributed by atoms with Crippen molar-refractivity contribution in [1.29, 1.82) is 0 Å². The third kappa shape index (κ3) is 2.89. The Bertz CT molecular complexity index is 830. The number of nitrogens with zero attached hydrogens (tertiary/aromatic N) is 1. The first-order valence-electron chi connectivity index (χ1n) is 7.62. The van der Waals surface area contributed by atoms with Crippen molar-refractivity contribution in [2.45, 2.75) is 6.54 Å². The summed E-state index contributed by atoms with van der Waals surface area (Å²) in [5.74, 6) is 0. The van der Waals surface area contributed by atoms with Crippen LogP contribution >= 0.6 is 27.3 Å². The quantitative estimate of drug-likeness (QED) is 0.582. The number of para-hydroxylation sites is 1. The zero-order chi connectivity index (χ0) is 15.6. The summed E-state index contributed by atoms with van der Waals surface area (Å²) in [4.78, 5) is 2.48. The number of hydrogen-bond donors (Lipinski definition) is 0. The van der Waals surface area contributed by atoms with Crippen LogP contribution in [0, 0.1) is 0 Å². The van der Waals surface area contributed by atoms with Gasteiger partial charge in [0.2, 0.25) is 0 Å². The molecule has 2 aromatic carbocycles. The van der Waals surface area contributed by atoms with Gasteiger partial charge in [-0.2, -0.15) is 11.3 Å². The van der Waals surface area contributed by atoms with Crippen LogP contribution in [0.15, 0.2) is 75.8 Å². The van der Waals surface area contributed by atoms with Gasteiger partial charge in [0.1, 0.15) is 0 Å². The maximum Gasteiger partial charge on any atom is 0.331 e. The fraction of sp³-hybridized carbons (Fsp3) is 0.0526. The summed E-state index contributed by atoms with van der Waals surface area (Å²) < 4.78 is 1.21. The number of hydrogen-bond acceptors (Lipinski definition) is 2. The molecule has 0 atom stereocenters. The molecule has 3 aromatic rings. The zero-order valence-corrected chi connectivity index (χ0v) is 14.9. The summed E-state index contributed by atoms with van der Waals surface area (Å²) >= 11 is 5.57. The second kappa shape index (κ2) is 6.38. The molecule has 0 bridgehead atoms. The average Bonchev–Trinajstić information content (AvgIpc) is 3.10. The maximum absolute atomic E-state index is 3.82. The largest absolute Gasteiger partial charge is 0.402 e. The van der Waals surface area contributed by atoms with Crippen LogP contribution in [-0.4, -0.2) is 6.85 Å². The molecular formula is C19H15BBrNS. The molecule has 0 saturated carbocycles. The van der Waals surface area contributed by atoms with E-state index >= 15 is 0 Å². The smallest absolute Gasteiger partial charge is 0.331 e. The topological polar surface area (TPSA) is 3.24 Å². The lowest BCUT2D eigenvalue weighted by Crippen LogP contribution is -2.50. The number of fused-ring (bicyclic) bond motifs is 1. The molecule has 0 spiro atoms. The molecule has 112 valence electrons. The van der Waals surface area contributed by atoms with E-state index in [2.05, 4.69) is 98.2 Å². The van der Waals surface area contributed by atoms with Gasteiger partial charge in [0.05, 0.1) is 0 Å². The fourth-order valence-electron chi connectivity index (χ4n) is 3.11.